The second kappa shape index (κ2) is 8.66. The molecule has 0 radical (unpaired) electrons. The fourth-order valence-corrected chi connectivity index (χ4v) is 12.3. The average Bonchev–Trinajstić information content (AvgIpc) is 2.81. The van der Waals surface area contributed by atoms with E-state index in [-0.39, 0.29) is 0 Å². The summed E-state index contributed by atoms with van der Waals surface area (Å²) >= 11 is 6.47. The highest BCUT2D eigenvalue weighted by Crippen LogP contribution is 2.52. The fraction of sp³-hybridized carbons (Fsp3) is 0. The second-order valence-corrected chi connectivity index (χ2v) is 14.2. The van der Waals surface area contributed by atoms with Crippen LogP contribution in [0.15, 0.2) is 121 Å². The Morgan fingerprint density at radius 3 is 1.07 bits per heavy atom. The Bertz CT molecular complexity index is 979. The van der Waals surface area contributed by atoms with Crippen LogP contribution >= 0.6 is 13.2 Å². The SMILES string of the molecule is C=P(NP(=S)(c1ccccc1)c1ccccc1)(c1ccccc1)c1ccccc1. The third-order valence-corrected chi connectivity index (χ3v) is 13.8. The summed E-state index contributed by atoms with van der Waals surface area (Å²) < 4.78 is 0. The summed E-state index contributed by atoms with van der Waals surface area (Å²) in [5, 5.41) is 4.71. The lowest BCUT2D eigenvalue weighted by Crippen LogP contribution is -2.33. The van der Waals surface area contributed by atoms with Crippen molar-refractivity contribution in [3.63, 3.8) is 0 Å². The smallest absolute Gasteiger partial charge is 0.0722 e. The molecule has 4 heteroatoms. The number of hydrogen-bond acceptors (Lipinski definition) is 1. The van der Waals surface area contributed by atoms with E-state index in [9.17, 15) is 0 Å². The van der Waals surface area contributed by atoms with Crippen molar-refractivity contribution in [1.29, 1.82) is 0 Å². The minimum atomic E-state index is -2.31. The molecule has 0 aliphatic carbocycles. The van der Waals surface area contributed by atoms with Crippen LogP contribution in [-0.2, 0) is 11.8 Å². The molecule has 0 saturated heterocycles. The predicted molar refractivity (Wildman–Crippen MR) is 136 cm³/mol. The Balaban J connectivity index is 1.93. The van der Waals surface area contributed by atoms with Crippen LogP contribution in [0.25, 0.3) is 0 Å². The molecule has 0 heterocycles. The molecule has 4 aromatic carbocycles. The minimum Gasteiger partial charge on any atom is -0.254 e. The van der Waals surface area contributed by atoms with Crippen LogP contribution in [0.2, 0.25) is 0 Å². The van der Waals surface area contributed by atoms with Crippen molar-refractivity contribution in [3.05, 3.63) is 121 Å². The van der Waals surface area contributed by atoms with Gasteiger partial charge in [0.15, 0.2) is 0 Å². The molecule has 0 bridgehead atoms. The first kappa shape index (κ1) is 20.1. The maximum atomic E-state index is 6.47. The third-order valence-electron chi connectivity index (χ3n) is 4.95. The Morgan fingerprint density at radius 2 is 0.759 bits per heavy atom. The summed E-state index contributed by atoms with van der Waals surface area (Å²) in [4.78, 5) is 4.00. The Labute approximate surface area is 178 Å². The summed E-state index contributed by atoms with van der Waals surface area (Å²) in [5.41, 5.74) is 0. The molecule has 0 atom stereocenters. The van der Waals surface area contributed by atoms with Gasteiger partial charge in [-0.25, -0.2) is 0 Å². The van der Waals surface area contributed by atoms with E-state index >= 15 is 0 Å². The molecule has 0 saturated carbocycles. The van der Waals surface area contributed by atoms with Gasteiger partial charge in [0.1, 0.15) is 0 Å². The first-order valence-corrected chi connectivity index (χ1v) is 14.3. The molecule has 0 unspecified atom stereocenters. The van der Waals surface area contributed by atoms with Crippen LogP contribution in [-0.4, -0.2) is 6.30 Å². The maximum Gasteiger partial charge on any atom is 0.0722 e. The zero-order valence-electron chi connectivity index (χ0n) is 16.1. The zero-order chi connectivity index (χ0) is 20.2. The molecular formula is C25H23NP2S. The summed E-state index contributed by atoms with van der Waals surface area (Å²) in [6.45, 7) is 0. The monoisotopic (exact) mass is 431 g/mol. The van der Waals surface area contributed by atoms with Gasteiger partial charge in [-0.05, 0) is 10.6 Å². The van der Waals surface area contributed by atoms with Crippen molar-refractivity contribution in [1.82, 2.24) is 4.86 Å². The van der Waals surface area contributed by atoms with Crippen LogP contribution < -0.4 is 26.1 Å². The van der Waals surface area contributed by atoms with E-state index in [2.05, 4.69) is 102 Å². The van der Waals surface area contributed by atoms with Crippen LogP contribution in [0.3, 0.4) is 0 Å². The number of rotatable bonds is 6. The number of hydrogen-bond donors (Lipinski definition) is 1. The van der Waals surface area contributed by atoms with Crippen LogP contribution in [0.5, 0.6) is 0 Å². The summed E-state index contributed by atoms with van der Waals surface area (Å²) in [7, 11) is -2.18. The Morgan fingerprint density at radius 1 is 0.483 bits per heavy atom. The highest BCUT2D eigenvalue weighted by molar-refractivity contribution is 8.23. The minimum absolute atomic E-state index is 1.15. The lowest BCUT2D eigenvalue weighted by Gasteiger charge is -2.35. The molecule has 1 nitrogen and oxygen atoms in total. The van der Waals surface area contributed by atoms with E-state index in [1.165, 1.54) is 10.6 Å². The van der Waals surface area contributed by atoms with Gasteiger partial charge in [-0.1, -0.05) is 139 Å². The highest BCUT2D eigenvalue weighted by atomic mass is 32.4. The van der Waals surface area contributed by atoms with Gasteiger partial charge in [0.2, 0.25) is 0 Å². The van der Waals surface area contributed by atoms with E-state index < -0.39 is 13.2 Å². The molecule has 4 rings (SSSR count). The van der Waals surface area contributed by atoms with Crippen molar-refractivity contribution in [3.8, 4) is 0 Å². The molecule has 0 amide bonds. The van der Waals surface area contributed by atoms with Gasteiger partial charge >= 0.3 is 0 Å². The van der Waals surface area contributed by atoms with E-state index in [0.717, 1.165) is 10.6 Å². The highest BCUT2D eigenvalue weighted by Gasteiger charge is 2.30. The summed E-state index contributed by atoms with van der Waals surface area (Å²) in [6, 6.07) is 41.9. The van der Waals surface area contributed by atoms with Gasteiger partial charge in [0.05, 0.1) is 6.19 Å². The van der Waals surface area contributed by atoms with Gasteiger partial charge in [0, 0.05) is 17.6 Å². The van der Waals surface area contributed by atoms with Crippen molar-refractivity contribution in [2.75, 3.05) is 0 Å². The van der Waals surface area contributed by atoms with Gasteiger partial charge in [-0.3, -0.25) is 4.86 Å². The summed E-state index contributed by atoms with van der Waals surface area (Å²) in [5.74, 6) is 0. The third kappa shape index (κ3) is 4.08. The standard InChI is InChI=1S/C25H23NP2S/c1-27(22-14-6-2-7-15-22,23-16-8-3-9-17-23)26-28(29,24-18-10-4-11-19-24)25-20-12-5-13-21-25/h2-21H,1H2,(H,26,29). The van der Waals surface area contributed by atoms with Crippen molar-refractivity contribution in [2.45, 2.75) is 0 Å². The quantitative estimate of drug-likeness (QED) is 0.447. The largest absolute Gasteiger partial charge is 0.254 e. The number of benzene rings is 4. The molecule has 0 fully saturated rings. The first-order valence-electron chi connectivity index (χ1n) is 9.48. The van der Waals surface area contributed by atoms with Crippen LogP contribution in [0.4, 0.5) is 0 Å². The lowest BCUT2D eigenvalue weighted by molar-refractivity contribution is 1.60. The molecule has 0 aliphatic heterocycles. The Hall–Kier alpha value is -2.21. The molecule has 29 heavy (non-hydrogen) atoms. The lowest BCUT2D eigenvalue weighted by atomic mass is 10.4. The zero-order valence-corrected chi connectivity index (χ0v) is 18.7. The van der Waals surface area contributed by atoms with Crippen LogP contribution in [0, 0.1) is 0 Å². The van der Waals surface area contributed by atoms with Crippen molar-refractivity contribution in [2.24, 2.45) is 0 Å². The molecule has 144 valence electrons. The normalized spacial score (nSPS) is 11.9. The number of nitrogens with one attached hydrogen (secondary N) is 1. The first-order chi connectivity index (χ1) is 14.1. The average molecular weight is 431 g/mol. The maximum absolute atomic E-state index is 6.47. The second-order valence-electron chi connectivity index (χ2n) is 6.86. The predicted octanol–water partition coefficient (Wildman–Crippen LogP) is 4.64. The molecular weight excluding hydrogens is 408 g/mol. The Kier molecular flexibility index (Phi) is 5.99. The van der Waals surface area contributed by atoms with Gasteiger partial charge in [0.25, 0.3) is 0 Å². The molecule has 0 spiro atoms. The topological polar surface area (TPSA) is 12.0 Å². The molecule has 0 aromatic heterocycles. The van der Waals surface area contributed by atoms with Gasteiger partial charge in [-0.15, -0.1) is 0 Å². The van der Waals surface area contributed by atoms with Crippen molar-refractivity contribution < 1.29 is 0 Å². The molecule has 0 aliphatic rings. The van der Waals surface area contributed by atoms with E-state index in [4.69, 9.17) is 18.1 Å². The molecule has 4 aromatic rings. The summed E-state index contributed by atoms with van der Waals surface area (Å²) in [6.07, 6.45) is 2.50. The van der Waals surface area contributed by atoms with Gasteiger partial charge in [-0.2, -0.15) is 0 Å². The fourth-order valence-electron chi connectivity index (χ4n) is 3.41. The van der Waals surface area contributed by atoms with Crippen LogP contribution in [0.1, 0.15) is 0 Å². The molecule has 1 N–H and O–H groups in total. The van der Waals surface area contributed by atoms with E-state index in [1.807, 2.05) is 24.3 Å². The van der Waals surface area contributed by atoms with Crippen molar-refractivity contribution >= 4 is 52.5 Å². The van der Waals surface area contributed by atoms with E-state index in [1.54, 1.807) is 0 Å². The van der Waals surface area contributed by atoms with E-state index in [0.29, 0.717) is 0 Å². The van der Waals surface area contributed by atoms with Gasteiger partial charge < -0.3 is 0 Å².